The van der Waals surface area contributed by atoms with Crippen LogP contribution in [0, 0.1) is 20.8 Å². The summed E-state index contributed by atoms with van der Waals surface area (Å²) in [6, 6.07) is 12.4. The van der Waals surface area contributed by atoms with E-state index >= 15 is 0 Å². The number of aldehydes is 1. The average molecular weight is 587 g/mol. The molecular weight excluding hydrogens is 544 g/mol. The number of halogens is 1. The predicted octanol–water partition coefficient (Wildman–Crippen LogP) is 6.15. The summed E-state index contributed by atoms with van der Waals surface area (Å²) in [6.45, 7) is 10.6. The Morgan fingerprint density at radius 3 is 2.10 bits per heavy atom. The van der Waals surface area contributed by atoms with Crippen LogP contribution in [0.15, 0.2) is 36.4 Å². The van der Waals surface area contributed by atoms with Gasteiger partial charge in [0.05, 0.1) is 57.6 Å². The molecule has 0 aliphatic rings. The van der Waals surface area contributed by atoms with Gasteiger partial charge in [-0.3, -0.25) is 4.68 Å². The van der Waals surface area contributed by atoms with Crippen molar-refractivity contribution in [2.24, 2.45) is 7.05 Å². The predicted molar refractivity (Wildman–Crippen MR) is 162 cm³/mol. The van der Waals surface area contributed by atoms with Crippen molar-refractivity contribution in [1.29, 1.82) is 0 Å². The van der Waals surface area contributed by atoms with Crippen LogP contribution in [0.2, 0.25) is 5.02 Å². The van der Waals surface area contributed by atoms with E-state index in [1.54, 1.807) is 0 Å². The fourth-order valence-corrected chi connectivity index (χ4v) is 4.68. The number of hydrogen-bond acceptors (Lipinski definition) is 7. The molecule has 1 aromatic heterocycles. The molecule has 224 valence electrons. The first-order valence-corrected chi connectivity index (χ1v) is 14.6. The van der Waals surface area contributed by atoms with Gasteiger partial charge < -0.3 is 28.5 Å². The van der Waals surface area contributed by atoms with Gasteiger partial charge in [-0.05, 0) is 87.1 Å². The summed E-state index contributed by atoms with van der Waals surface area (Å²) in [6.07, 6.45) is 3.65. The second kappa shape index (κ2) is 17.9. The number of hydrogen-bond donors (Lipinski definition) is 0. The lowest BCUT2D eigenvalue weighted by molar-refractivity contribution is -0.112. The summed E-state index contributed by atoms with van der Waals surface area (Å²) in [5, 5.41) is 5.29. The molecule has 0 unspecified atom stereocenters. The standard InChI is InChI=1S/C32H43ClN2O6/c1-24-22-27(8-10-29(24)33)32-26(3)28(30-23-25(2)34-35(30)4)9-11-31(32)41-14-7-5-6-13-37-16-18-39-20-21-40-19-17-38-15-12-36/h8-12,22-23H,5-7,13-21H2,1-4H3. The van der Waals surface area contributed by atoms with E-state index in [0.29, 0.717) is 52.9 Å². The Hall–Kier alpha value is -2.75. The van der Waals surface area contributed by atoms with Crippen LogP contribution in [0.25, 0.3) is 22.4 Å². The highest BCUT2D eigenvalue weighted by molar-refractivity contribution is 6.31. The summed E-state index contributed by atoms with van der Waals surface area (Å²) < 4.78 is 29.8. The van der Waals surface area contributed by atoms with Crippen molar-refractivity contribution in [2.45, 2.75) is 40.0 Å². The number of carbonyl (C=O) groups is 1. The molecule has 0 aliphatic carbocycles. The van der Waals surface area contributed by atoms with Crippen molar-refractivity contribution in [2.75, 3.05) is 59.5 Å². The van der Waals surface area contributed by atoms with E-state index in [4.69, 9.17) is 35.3 Å². The van der Waals surface area contributed by atoms with Crippen LogP contribution < -0.4 is 4.74 Å². The van der Waals surface area contributed by atoms with Crippen LogP contribution in [0.4, 0.5) is 0 Å². The van der Waals surface area contributed by atoms with Crippen molar-refractivity contribution in [3.8, 4) is 28.1 Å². The molecule has 0 N–H and O–H groups in total. The molecular formula is C32H43ClN2O6. The molecule has 41 heavy (non-hydrogen) atoms. The highest BCUT2D eigenvalue weighted by Crippen LogP contribution is 2.40. The maximum absolute atomic E-state index is 10.1. The zero-order chi connectivity index (χ0) is 29.5. The average Bonchev–Trinajstić information content (AvgIpc) is 3.29. The van der Waals surface area contributed by atoms with E-state index in [9.17, 15) is 4.79 Å². The molecule has 0 spiro atoms. The molecule has 0 amide bonds. The molecule has 2 aromatic carbocycles. The molecule has 0 saturated carbocycles. The van der Waals surface area contributed by atoms with Gasteiger partial charge >= 0.3 is 0 Å². The Balaban J connectivity index is 1.42. The van der Waals surface area contributed by atoms with Crippen LogP contribution in [-0.4, -0.2) is 75.5 Å². The van der Waals surface area contributed by atoms with Crippen LogP contribution in [0.5, 0.6) is 5.75 Å². The van der Waals surface area contributed by atoms with Gasteiger partial charge in [-0.25, -0.2) is 0 Å². The van der Waals surface area contributed by atoms with Gasteiger partial charge in [0.2, 0.25) is 0 Å². The molecule has 9 heteroatoms. The smallest absolute Gasteiger partial charge is 0.145 e. The van der Waals surface area contributed by atoms with Gasteiger partial charge in [0.25, 0.3) is 0 Å². The summed E-state index contributed by atoms with van der Waals surface area (Å²) in [7, 11) is 1.98. The maximum Gasteiger partial charge on any atom is 0.145 e. The highest BCUT2D eigenvalue weighted by Gasteiger charge is 2.17. The molecule has 1 heterocycles. The Kier molecular flexibility index (Phi) is 14.3. The third kappa shape index (κ3) is 10.5. The minimum Gasteiger partial charge on any atom is -0.493 e. The van der Waals surface area contributed by atoms with Crippen molar-refractivity contribution in [3.63, 3.8) is 0 Å². The lowest BCUT2D eigenvalue weighted by atomic mass is 9.93. The number of aromatic nitrogens is 2. The largest absolute Gasteiger partial charge is 0.493 e. The Morgan fingerprint density at radius 2 is 1.46 bits per heavy atom. The number of nitrogens with zero attached hydrogens (tertiary/aromatic N) is 2. The van der Waals surface area contributed by atoms with Gasteiger partial charge in [0, 0.05) is 29.8 Å². The normalized spacial score (nSPS) is 11.2. The molecule has 3 rings (SSSR count). The summed E-state index contributed by atoms with van der Waals surface area (Å²) >= 11 is 6.34. The van der Waals surface area contributed by atoms with Crippen LogP contribution >= 0.6 is 11.6 Å². The minimum atomic E-state index is 0.107. The van der Waals surface area contributed by atoms with E-state index in [0.717, 1.165) is 75.5 Å². The first-order chi connectivity index (χ1) is 19.9. The van der Waals surface area contributed by atoms with Crippen molar-refractivity contribution >= 4 is 17.9 Å². The first-order valence-electron chi connectivity index (χ1n) is 14.2. The van der Waals surface area contributed by atoms with Crippen molar-refractivity contribution in [3.05, 3.63) is 58.2 Å². The number of ether oxygens (including phenoxy) is 5. The topological polar surface area (TPSA) is 81.0 Å². The van der Waals surface area contributed by atoms with Crippen molar-refractivity contribution < 1.29 is 28.5 Å². The molecule has 0 radical (unpaired) electrons. The van der Waals surface area contributed by atoms with E-state index in [-0.39, 0.29) is 6.61 Å². The van der Waals surface area contributed by atoms with Crippen LogP contribution in [0.3, 0.4) is 0 Å². The third-order valence-electron chi connectivity index (χ3n) is 6.64. The van der Waals surface area contributed by atoms with Gasteiger partial charge in [0.15, 0.2) is 0 Å². The number of rotatable bonds is 20. The quantitative estimate of drug-likeness (QED) is 0.116. The fourth-order valence-electron chi connectivity index (χ4n) is 4.56. The number of unbranched alkanes of at least 4 members (excludes halogenated alkanes) is 2. The molecule has 8 nitrogen and oxygen atoms in total. The monoisotopic (exact) mass is 586 g/mol. The highest BCUT2D eigenvalue weighted by atomic mass is 35.5. The van der Waals surface area contributed by atoms with Gasteiger partial charge in [0.1, 0.15) is 18.6 Å². The Morgan fingerprint density at radius 1 is 0.805 bits per heavy atom. The first kappa shape index (κ1) is 32.8. The SMILES string of the molecule is Cc1cc(-c2ccc(OCCCCCOCCOCCOCCOCC=O)c(-c3ccc(Cl)c(C)c3)c2C)n(C)n1. The second-order valence-electron chi connectivity index (χ2n) is 9.86. The molecule has 0 aliphatic heterocycles. The van der Waals surface area contributed by atoms with E-state index in [1.807, 2.05) is 31.6 Å². The molecule has 0 fully saturated rings. The Bertz CT molecular complexity index is 1230. The fraction of sp³-hybridized carbons (Fsp3) is 0.500. The van der Waals surface area contributed by atoms with Gasteiger partial charge in [-0.1, -0.05) is 17.7 Å². The number of aryl methyl sites for hydroxylation is 3. The summed E-state index contributed by atoms with van der Waals surface area (Å²) in [4.78, 5) is 10.1. The van der Waals surface area contributed by atoms with Gasteiger partial charge in [-0.15, -0.1) is 0 Å². The summed E-state index contributed by atoms with van der Waals surface area (Å²) in [5.74, 6) is 0.873. The second-order valence-corrected chi connectivity index (χ2v) is 10.3. The molecule has 3 aromatic rings. The zero-order valence-electron chi connectivity index (χ0n) is 24.7. The van der Waals surface area contributed by atoms with Crippen LogP contribution in [-0.2, 0) is 30.8 Å². The van der Waals surface area contributed by atoms with Crippen LogP contribution in [0.1, 0.15) is 36.1 Å². The number of carbonyl (C=O) groups excluding carboxylic acids is 1. The summed E-state index contributed by atoms with van der Waals surface area (Å²) in [5.41, 5.74) is 7.56. The third-order valence-corrected chi connectivity index (χ3v) is 7.07. The lowest BCUT2D eigenvalue weighted by Crippen LogP contribution is -2.12. The van der Waals surface area contributed by atoms with Gasteiger partial charge in [-0.2, -0.15) is 5.10 Å². The molecule has 0 saturated heterocycles. The van der Waals surface area contributed by atoms with Crippen molar-refractivity contribution in [1.82, 2.24) is 9.78 Å². The van der Waals surface area contributed by atoms with E-state index in [1.165, 1.54) is 0 Å². The molecule has 0 bridgehead atoms. The number of benzene rings is 2. The van der Waals surface area contributed by atoms with E-state index in [2.05, 4.69) is 42.4 Å². The Labute approximate surface area is 248 Å². The minimum absolute atomic E-state index is 0.107. The maximum atomic E-state index is 10.1. The lowest BCUT2D eigenvalue weighted by Gasteiger charge is -2.18. The molecule has 0 atom stereocenters. The van der Waals surface area contributed by atoms with E-state index < -0.39 is 0 Å². The zero-order valence-corrected chi connectivity index (χ0v) is 25.5.